The lowest BCUT2D eigenvalue weighted by molar-refractivity contribution is -0.130. The van der Waals surface area contributed by atoms with Gasteiger partial charge in [0.05, 0.1) is 0 Å². The van der Waals surface area contributed by atoms with Gasteiger partial charge in [0.15, 0.2) is 0 Å². The molecule has 4 rings (SSSR count). The lowest BCUT2D eigenvalue weighted by Gasteiger charge is -2.31. The second-order valence-corrected chi connectivity index (χ2v) is 7.62. The predicted octanol–water partition coefficient (Wildman–Crippen LogP) is 3.64. The molecule has 2 aliphatic rings. The number of hydrogen-bond acceptors (Lipinski definition) is 3. The van der Waals surface area contributed by atoms with E-state index >= 15 is 0 Å². The smallest absolute Gasteiger partial charge is 0.239 e. The van der Waals surface area contributed by atoms with Gasteiger partial charge in [-0.1, -0.05) is 12.1 Å². The fourth-order valence-electron chi connectivity index (χ4n) is 4.34. The van der Waals surface area contributed by atoms with E-state index in [4.69, 9.17) is 5.73 Å². The lowest BCUT2D eigenvalue weighted by Crippen LogP contribution is -2.42. The van der Waals surface area contributed by atoms with Crippen LogP contribution in [0.3, 0.4) is 0 Å². The van der Waals surface area contributed by atoms with Crippen molar-refractivity contribution in [3.05, 3.63) is 53.1 Å². The van der Waals surface area contributed by atoms with E-state index in [0.717, 1.165) is 46.6 Å². The van der Waals surface area contributed by atoms with Gasteiger partial charge in [0.25, 0.3) is 0 Å². The molecule has 1 saturated heterocycles. The Balaban J connectivity index is 0.00000225. The highest BCUT2D eigenvalue weighted by Gasteiger charge is 2.41. The van der Waals surface area contributed by atoms with Crippen LogP contribution in [-0.4, -0.2) is 24.9 Å². The largest absolute Gasteiger partial charge is 0.398 e. The van der Waals surface area contributed by atoms with Gasteiger partial charge in [0.2, 0.25) is 11.8 Å². The molecule has 0 aliphatic carbocycles. The maximum Gasteiger partial charge on any atom is 0.239 e. The zero-order valence-electron chi connectivity index (χ0n) is 16.3. The summed E-state index contributed by atoms with van der Waals surface area (Å²) in [6, 6.07) is 11.8. The van der Waals surface area contributed by atoms with Crippen molar-refractivity contribution in [1.82, 2.24) is 0 Å². The summed E-state index contributed by atoms with van der Waals surface area (Å²) in [6.45, 7) is 5.27. The number of nitrogen functional groups attached to an aromatic ring is 1. The molecule has 0 bridgehead atoms. The molecule has 148 valence electrons. The van der Waals surface area contributed by atoms with Gasteiger partial charge in [-0.3, -0.25) is 9.59 Å². The van der Waals surface area contributed by atoms with Crippen LogP contribution < -0.4 is 15.5 Å². The summed E-state index contributed by atoms with van der Waals surface area (Å²) in [5, 5.41) is 0. The molecule has 6 heteroatoms. The van der Waals surface area contributed by atoms with Crippen molar-refractivity contribution >= 4 is 41.3 Å². The van der Waals surface area contributed by atoms with Crippen molar-refractivity contribution < 1.29 is 9.59 Å². The number of fused-ring (bicyclic) bond motifs is 1. The third-order valence-corrected chi connectivity index (χ3v) is 5.57. The molecular weight excluding hydrogens is 374 g/mol. The second kappa shape index (κ2) is 7.84. The third-order valence-electron chi connectivity index (χ3n) is 5.57. The molecule has 2 amide bonds. The molecule has 28 heavy (non-hydrogen) atoms. The molecule has 2 aromatic rings. The van der Waals surface area contributed by atoms with Crippen LogP contribution in [0.4, 0.5) is 17.1 Å². The molecule has 0 radical (unpaired) electrons. The van der Waals surface area contributed by atoms with E-state index < -0.39 is 5.92 Å². The van der Waals surface area contributed by atoms with Crippen molar-refractivity contribution in [2.75, 3.05) is 28.6 Å². The van der Waals surface area contributed by atoms with Crippen LogP contribution in [0, 0.1) is 19.8 Å². The Morgan fingerprint density at radius 3 is 2.54 bits per heavy atom. The van der Waals surface area contributed by atoms with Gasteiger partial charge in [-0.05, 0) is 74.1 Å². The molecule has 0 saturated carbocycles. The summed E-state index contributed by atoms with van der Waals surface area (Å²) in [5.74, 6) is -0.808. The van der Waals surface area contributed by atoms with Gasteiger partial charge in [-0.15, -0.1) is 12.4 Å². The van der Waals surface area contributed by atoms with Crippen LogP contribution in [0.2, 0.25) is 0 Å². The minimum absolute atomic E-state index is 0. The van der Waals surface area contributed by atoms with Crippen LogP contribution in [0.1, 0.15) is 29.5 Å². The molecule has 0 spiro atoms. The maximum atomic E-state index is 13.2. The van der Waals surface area contributed by atoms with E-state index in [1.54, 1.807) is 9.80 Å². The molecule has 1 fully saturated rings. The average Bonchev–Trinajstić information content (AvgIpc) is 3.02. The zero-order valence-corrected chi connectivity index (χ0v) is 17.1. The van der Waals surface area contributed by atoms with Crippen molar-refractivity contribution in [1.29, 1.82) is 0 Å². The molecule has 2 N–H and O–H groups in total. The quantitative estimate of drug-likeness (QED) is 0.619. The van der Waals surface area contributed by atoms with Gasteiger partial charge >= 0.3 is 0 Å². The van der Waals surface area contributed by atoms with E-state index in [9.17, 15) is 9.59 Å². The Morgan fingerprint density at radius 1 is 1.11 bits per heavy atom. The van der Waals surface area contributed by atoms with Gasteiger partial charge in [0.1, 0.15) is 5.92 Å². The van der Waals surface area contributed by atoms with Crippen LogP contribution in [0.5, 0.6) is 0 Å². The number of anilines is 3. The number of rotatable bonds is 2. The number of hydrogen-bond donors (Lipinski definition) is 1. The van der Waals surface area contributed by atoms with Gasteiger partial charge < -0.3 is 15.5 Å². The number of halogens is 1. The fraction of sp³-hybridized carbons (Fsp3) is 0.364. The van der Waals surface area contributed by atoms with Crippen LogP contribution >= 0.6 is 12.4 Å². The maximum absolute atomic E-state index is 13.2. The van der Waals surface area contributed by atoms with Crippen LogP contribution in [0.15, 0.2) is 36.4 Å². The third kappa shape index (κ3) is 3.47. The predicted molar refractivity (Wildman–Crippen MR) is 115 cm³/mol. The molecule has 2 heterocycles. The average molecular weight is 400 g/mol. The molecular formula is C22H26ClN3O2. The fourth-order valence-corrected chi connectivity index (χ4v) is 4.34. The van der Waals surface area contributed by atoms with Crippen LogP contribution in [-0.2, 0) is 16.0 Å². The van der Waals surface area contributed by atoms with E-state index in [1.807, 2.05) is 44.2 Å². The molecule has 2 aliphatic heterocycles. The molecule has 1 unspecified atom stereocenters. The van der Waals surface area contributed by atoms with E-state index in [2.05, 4.69) is 6.07 Å². The zero-order chi connectivity index (χ0) is 19.1. The minimum Gasteiger partial charge on any atom is -0.398 e. The standard InChI is InChI=1S/C22H25N3O2.ClH/c1-14-11-15(2)13-16(12-14)24-10-8-18(21(24)26)22(27)25-9-4-5-17-19(23)6-3-7-20(17)25;/h3,6-7,11-13,18H,4-5,8-10,23H2,1-2H3;1H. The Labute approximate surface area is 171 Å². The molecule has 5 nitrogen and oxygen atoms in total. The SMILES string of the molecule is Cc1cc(C)cc(N2CCC(C(=O)N3CCCc4c(N)cccc43)C2=O)c1.Cl. The Hall–Kier alpha value is -2.53. The topological polar surface area (TPSA) is 66.6 Å². The van der Waals surface area contributed by atoms with Crippen molar-refractivity contribution in [3.8, 4) is 0 Å². The van der Waals surface area contributed by atoms with Gasteiger partial charge in [0, 0.05) is 30.2 Å². The molecule has 1 atom stereocenters. The summed E-state index contributed by atoms with van der Waals surface area (Å²) >= 11 is 0. The highest BCUT2D eigenvalue weighted by atomic mass is 35.5. The first-order chi connectivity index (χ1) is 13.0. The summed E-state index contributed by atoms with van der Waals surface area (Å²) in [6.07, 6.45) is 2.30. The second-order valence-electron chi connectivity index (χ2n) is 7.62. The number of amides is 2. The number of nitrogens with zero attached hydrogens (tertiary/aromatic N) is 2. The first-order valence-corrected chi connectivity index (χ1v) is 9.54. The van der Waals surface area contributed by atoms with Crippen molar-refractivity contribution in [3.63, 3.8) is 0 Å². The minimum atomic E-state index is -0.613. The lowest BCUT2D eigenvalue weighted by atomic mass is 9.97. The summed E-state index contributed by atoms with van der Waals surface area (Å²) in [7, 11) is 0. The van der Waals surface area contributed by atoms with Crippen LogP contribution in [0.25, 0.3) is 0 Å². The normalized spacial score (nSPS) is 18.6. The Morgan fingerprint density at radius 2 is 1.82 bits per heavy atom. The van der Waals surface area contributed by atoms with Crippen molar-refractivity contribution in [2.24, 2.45) is 5.92 Å². The molecule has 2 aromatic carbocycles. The monoisotopic (exact) mass is 399 g/mol. The summed E-state index contributed by atoms with van der Waals surface area (Å²) in [4.78, 5) is 29.8. The number of carbonyl (C=O) groups is 2. The molecule has 0 aromatic heterocycles. The van der Waals surface area contributed by atoms with E-state index in [-0.39, 0.29) is 24.2 Å². The highest BCUT2D eigenvalue weighted by molar-refractivity contribution is 6.14. The number of aryl methyl sites for hydroxylation is 2. The van der Waals surface area contributed by atoms with E-state index in [0.29, 0.717) is 19.5 Å². The van der Waals surface area contributed by atoms with Gasteiger partial charge in [-0.2, -0.15) is 0 Å². The first kappa shape index (κ1) is 20.2. The highest BCUT2D eigenvalue weighted by Crippen LogP contribution is 2.34. The number of nitrogens with two attached hydrogens (primary N) is 1. The Kier molecular flexibility index (Phi) is 5.66. The first-order valence-electron chi connectivity index (χ1n) is 9.54. The summed E-state index contributed by atoms with van der Waals surface area (Å²) < 4.78 is 0. The van der Waals surface area contributed by atoms with Crippen molar-refractivity contribution in [2.45, 2.75) is 33.1 Å². The Bertz CT molecular complexity index is 908. The van der Waals surface area contributed by atoms with E-state index in [1.165, 1.54) is 0 Å². The van der Waals surface area contributed by atoms with Gasteiger partial charge in [-0.25, -0.2) is 0 Å². The number of carbonyl (C=O) groups excluding carboxylic acids is 2. The number of benzene rings is 2. The summed E-state index contributed by atoms with van der Waals surface area (Å²) in [5.41, 5.74) is 11.8.